The molecule has 0 spiro atoms. The van der Waals surface area contributed by atoms with Gasteiger partial charge >= 0.3 is 6.18 Å². The monoisotopic (exact) mass is 335 g/mol. The molecule has 21 heavy (non-hydrogen) atoms. The Morgan fingerprint density at radius 3 is 2.43 bits per heavy atom. The Labute approximate surface area is 129 Å². The summed E-state index contributed by atoms with van der Waals surface area (Å²) < 4.78 is 40.1. The Morgan fingerprint density at radius 1 is 1.33 bits per heavy atom. The fourth-order valence-electron chi connectivity index (χ4n) is 2.07. The zero-order valence-corrected chi connectivity index (χ0v) is 12.6. The lowest BCUT2D eigenvalue weighted by Gasteiger charge is -2.29. The second-order valence-corrected chi connectivity index (χ2v) is 6.16. The SMILES string of the molecule is CN(Cc1cnc(N)s1)C(c1ccc(Cl)cc1)C(F)(F)F. The van der Waals surface area contributed by atoms with Crippen LogP contribution in [-0.2, 0) is 6.54 Å². The maximum Gasteiger partial charge on any atom is 0.408 e. The Hall–Kier alpha value is -1.31. The zero-order valence-electron chi connectivity index (χ0n) is 11.1. The molecule has 0 saturated heterocycles. The molecule has 0 saturated carbocycles. The van der Waals surface area contributed by atoms with Gasteiger partial charge in [-0.15, -0.1) is 11.3 Å². The van der Waals surface area contributed by atoms with Crippen LogP contribution in [0.25, 0.3) is 0 Å². The smallest absolute Gasteiger partial charge is 0.375 e. The predicted molar refractivity (Wildman–Crippen MR) is 78.2 cm³/mol. The van der Waals surface area contributed by atoms with Crippen LogP contribution >= 0.6 is 22.9 Å². The first-order chi connectivity index (χ1) is 9.77. The van der Waals surface area contributed by atoms with Crippen molar-refractivity contribution in [2.75, 3.05) is 12.8 Å². The third kappa shape index (κ3) is 4.09. The number of thiazole rings is 1. The van der Waals surface area contributed by atoms with Crippen LogP contribution in [0, 0.1) is 0 Å². The lowest BCUT2D eigenvalue weighted by molar-refractivity contribution is -0.184. The van der Waals surface area contributed by atoms with E-state index in [-0.39, 0.29) is 12.1 Å². The standard InChI is InChI=1S/C13H13ClF3N3S/c1-20(7-10-6-19-12(18)21-10)11(13(15,16)17)8-2-4-9(14)5-3-8/h2-6,11H,7H2,1H3,(H2,18,19). The molecule has 1 unspecified atom stereocenters. The molecule has 0 aliphatic rings. The van der Waals surface area contributed by atoms with E-state index in [9.17, 15) is 13.2 Å². The van der Waals surface area contributed by atoms with Crippen LogP contribution in [0.1, 0.15) is 16.5 Å². The topological polar surface area (TPSA) is 42.2 Å². The summed E-state index contributed by atoms with van der Waals surface area (Å²) in [5, 5.41) is 0.742. The maximum absolute atomic E-state index is 13.4. The van der Waals surface area contributed by atoms with Gasteiger partial charge in [-0.25, -0.2) is 4.98 Å². The molecule has 2 N–H and O–H groups in total. The number of nitrogens with zero attached hydrogens (tertiary/aromatic N) is 2. The van der Waals surface area contributed by atoms with E-state index in [1.54, 1.807) is 0 Å². The lowest BCUT2D eigenvalue weighted by atomic mass is 10.1. The van der Waals surface area contributed by atoms with Crippen LogP contribution in [0.15, 0.2) is 30.5 Å². The van der Waals surface area contributed by atoms with Crippen LogP contribution in [-0.4, -0.2) is 23.1 Å². The van der Waals surface area contributed by atoms with Crippen LogP contribution in [0.2, 0.25) is 5.02 Å². The first-order valence-corrected chi connectivity index (χ1v) is 7.19. The minimum Gasteiger partial charge on any atom is -0.375 e. The number of benzene rings is 1. The molecule has 2 aromatic rings. The van der Waals surface area contributed by atoms with E-state index in [1.807, 2.05) is 0 Å². The molecule has 0 radical (unpaired) electrons. The second-order valence-electron chi connectivity index (χ2n) is 4.58. The first-order valence-electron chi connectivity index (χ1n) is 6.00. The van der Waals surface area contributed by atoms with Crippen molar-refractivity contribution in [2.24, 2.45) is 0 Å². The van der Waals surface area contributed by atoms with Crippen molar-refractivity contribution in [1.82, 2.24) is 9.88 Å². The van der Waals surface area contributed by atoms with E-state index in [0.29, 0.717) is 15.0 Å². The van der Waals surface area contributed by atoms with Crippen molar-refractivity contribution >= 4 is 28.1 Å². The van der Waals surface area contributed by atoms with Crippen molar-refractivity contribution in [3.8, 4) is 0 Å². The molecule has 0 fully saturated rings. The number of aromatic nitrogens is 1. The summed E-state index contributed by atoms with van der Waals surface area (Å²) in [4.78, 5) is 5.74. The molecule has 114 valence electrons. The van der Waals surface area contributed by atoms with E-state index >= 15 is 0 Å². The number of hydrogen-bond acceptors (Lipinski definition) is 4. The minimum absolute atomic E-state index is 0.113. The van der Waals surface area contributed by atoms with Gasteiger partial charge in [0.15, 0.2) is 5.13 Å². The normalized spacial score (nSPS) is 13.6. The van der Waals surface area contributed by atoms with E-state index in [0.717, 1.165) is 0 Å². The average molecular weight is 336 g/mol. The number of halogens is 4. The number of nitrogens with two attached hydrogens (primary N) is 1. The third-order valence-electron chi connectivity index (χ3n) is 2.91. The van der Waals surface area contributed by atoms with Crippen molar-refractivity contribution in [1.29, 1.82) is 0 Å². The van der Waals surface area contributed by atoms with E-state index in [4.69, 9.17) is 17.3 Å². The van der Waals surface area contributed by atoms with Gasteiger partial charge in [0.25, 0.3) is 0 Å². The molecule has 0 aliphatic heterocycles. The van der Waals surface area contributed by atoms with Crippen molar-refractivity contribution < 1.29 is 13.2 Å². The van der Waals surface area contributed by atoms with E-state index in [2.05, 4.69) is 4.98 Å². The molecule has 8 heteroatoms. The molecule has 1 aromatic carbocycles. The number of alkyl halides is 3. The van der Waals surface area contributed by atoms with Crippen LogP contribution in [0.5, 0.6) is 0 Å². The third-order valence-corrected chi connectivity index (χ3v) is 3.98. The number of nitrogen functional groups attached to an aromatic ring is 1. The fraction of sp³-hybridized carbons (Fsp3) is 0.308. The van der Waals surface area contributed by atoms with Gasteiger partial charge in [-0.05, 0) is 24.7 Å². The summed E-state index contributed by atoms with van der Waals surface area (Å²) in [6.45, 7) is 0.113. The Bertz CT molecular complexity index is 597. The van der Waals surface area contributed by atoms with E-state index < -0.39 is 12.2 Å². The number of rotatable bonds is 4. The van der Waals surface area contributed by atoms with Gasteiger partial charge < -0.3 is 5.73 Å². The molecule has 2 rings (SSSR count). The number of anilines is 1. The van der Waals surface area contributed by atoms with Gasteiger partial charge in [0.2, 0.25) is 0 Å². The summed E-state index contributed by atoms with van der Waals surface area (Å²) >= 11 is 6.91. The quantitative estimate of drug-likeness (QED) is 0.914. The average Bonchev–Trinajstić information content (AvgIpc) is 2.76. The Kier molecular flexibility index (Phi) is 4.75. The lowest BCUT2D eigenvalue weighted by Crippen LogP contribution is -2.35. The molecule has 3 nitrogen and oxygen atoms in total. The van der Waals surface area contributed by atoms with Crippen LogP contribution in [0.3, 0.4) is 0 Å². The van der Waals surface area contributed by atoms with Gasteiger partial charge in [-0.3, -0.25) is 4.90 Å². The minimum atomic E-state index is -4.39. The summed E-state index contributed by atoms with van der Waals surface area (Å²) in [5.74, 6) is 0. The molecule has 0 aliphatic carbocycles. The van der Waals surface area contributed by atoms with Crippen molar-refractivity contribution in [3.63, 3.8) is 0 Å². The van der Waals surface area contributed by atoms with E-state index in [1.165, 1.54) is 53.7 Å². The summed E-state index contributed by atoms with van der Waals surface area (Å²) in [5.41, 5.74) is 5.64. The van der Waals surface area contributed by atoms with Crippen LogP contribution in [0.4, 0.5) is 18.3 Å². The first kappa shape index (κ1) is 16.1. The van der Waals surface area contributed by atoms with Gasteiger partial charge in [-0.1, -0.05) is 23.7 Å². The number of hydrogen-bond donors (Lipinski definition) is 1. The van der Waals surface area contributed by atoms with Gasteiger partial charge in [0.1, 0.15) is 6.04 Å². The highest BCUT2D eigenvalue weighted by Gasteiger charge is 2.43. The van der Waals surface area contributed by atoms with Gasteiger partial charge in [-0.2, -0.15) is 13.2 Å². The Balaban J connectivity index is 2.25. The predicted octanol–water partition coefficient (Wildman–Crippen LogP) is 4.11. The molecular formula is C13H13ClF3N3S. The second kappa shape index (κ2) is 6.21. The largest absolute Gasteiger partial charge is 0.408 e. The molecular weight excluding hydrogens is 323 g/mol. The zero-order chi connectivity index (χ0) is 15.6. The van der Waals surface area contributed by atoms with Crippen LogP contribution < -0.4 is 5.73 Å². The summed E-state index contributed by atoms with van der Waals surface area (Å²) in [6.07, 6.45) is -2.90. The molecule has 0 amide bonds. The Morgan fingerprint density at radius 2 is 1.95 bits per heavy atom. The van der Waals surface area contributed by atoms with Crippen molar-refractivity contribution in [2.45, 2.75) is 18.8 Å². The van der Waals surface area contributed by atoms with Gasteiger partial charge in [0, 0.05) is 22.6 Å². The molecule has 1 atom stereocenters. The molecule has 1 aromatic heterocycles. The van der Waals surface area contributed by atoms with Crippen molar-refractivity contribution in [3.05, 3.63) is 45.9 Å². The summed E-state index contributed by atoms with van der Waals surface area (Å²) in [7, 11) is 1.42. The highest BCUT2D eigenvalue weighted by Crippen LogP contribution is 2.38. The summed E-state index contributed by atoms with van der Waals surface area (Å²) in [6, 6.07) is 3.97. The van der Waals surface area contributed by atoms with Gasteiger partial charge in [0.05, 0.1) is 0 Å². The fourth-order valence-corrected chi connectivity index (χ4v) is 2.94. The highest BCUT2D eigenvalue weighted by molar-refractivity contribution is 7.15. The molecule has 1 heterocycles. The molecule has 0 bridgehead atoms. The maximum atomic E-state index is 13.4. The highest BCUT2D eigenvalue weighted by atomic mass is 35.5.